The van der Waals surface area contributed by atoms with Gasteiger partial charge in [-0.15, -0.1) is 0 Å². The number of nitrogens with one attached hydrogen (secondary N) is 1. The number of aromatic nitrogens is 1. The van der Waals surface area contributed by atoms with Crippen molar-refractivity contribution in [3.05, 3.63) is 28.0 Å². The van der Waals surface area contributed by atoms with E-state index in [0.717, 1.165) is 17.8 Å². The van der Waals surface area contributed by atoms with Gasteiger partial charge in [0.05, 0.1) is 6.04 Å². The number of H-pyrrole nitrogens is 1. The summed E-state index contributed by atoms with van der Waals surface area (Å²) in [5.74, 6) is 0.866. The van der Waals surface area contributed by atoms with E-state index in [1.165, 1.54) is 11.0 Å². The molecular weight excluding hydrogens is 234 g/mol. The largest absolute Gasteiger partial charge is 0.465 e. The molecular formula is C12H15N3O3. The van der Waals surface area contributed by atoms with Gasteiger partial charge in [0.15, 0.2) is 0 Å². The molecule has 18 heavy (non-hydrogen) atoms. The molecule has 6 heteroatoms. The summed E-state index contributed by atoms with van der Waals surface area (Å²) in [4.78, 5) is 28.9. The van der Waals surface area contributed by atoms with Crippen LogP contribution in [0.1, 0.15) is 12.5 Å². The summed E-state index contributed by atoms with van der Waals surface area (Å²) >= 11 is 0. The zero-order valence-corrected chi connectivity index (χ0v) is 10.1. The van der Waals surface area contributed by atoms with E-state index in [2.05, 4.69) is 9.88 Å². The third kappa shape index (κ3) is 1.56. The van der Waals surface area contributed by atoms with Crippen LogP contribution >= 0.6 is 0 Å². The van der Waals surface area contributed by atoms with Crippen molar-refractivity contribution in [2.45, 2.75) is 25.4 Å². The van der Waals surface area contributed by atoms with Crippen LogP contribution in [-0.2, 0) is 6.42 Å². The maximum atomic E-state index is 11.4. The lowest BCUT2D eigenvalue weighted by Crippen LogP contribution is -2.58. The quantitative estimate of drug-likeness (QED) is 0.701. The fourth-order valence-corrected chi connectivity index (χ4v) is 3.05. The minimum Gasteiger partial charge on any atom is -0.465 e. The second-order valence-corrected chi connectivity index (χ2v) is 5.00. The number of fused-ring (bicyclic) bond motifs is 3. The van der Waals surface area contributed by atoms with Gasteiger partial charge in [0.2, 0.25) is 5.56 Å². The maximum Gasteiger partial charge on any atom is 0.407 e. The minimum atomic E-state index is -0.869. The van der Waals surface area contributed by atoms with E-state index in [1.807, 2.05) is 13.0 Å². The van der Waals surface area contributed by atoms with Gasteiger partial charge < -0.3 is 19.9 Å². The van der Waals surface area contributed by atoms with Crippen LogP contribution in [0, 0.1) is 0 Å². The van der Waals surface area contributed by atoms with Crippen LogP contribution in [0.5, 0.6) is 0 Å². The molecule has 2 aliphatic rings. The highest BCUT2D eigenvalue weighted by Gasteiger charge is 2.39. The van der Waals surface area contributed by atoms with E-state index >= 15 is 0 Å². The molecule has 0 aromatic carbocycles. The highest BCUT2D eigenvalue weighted by Crippen LogP contribution is 2.33. The normalized spacial score (nSPS) is 25.8. The Bertz CT molecular complexity index is 554. The lowest BCUT2D eigenvalue weighted by Gasteiger charge is -2.42. The number of nitrogens with zero attached hydrogens (tertiary/aromatic N) is 2. The summed E-state index contributed by atoms with van der Waals surface area (Å²) in [6.45, 7) is 2.96. The second-order valence-electron chi connectivity index (χ2n) is 5.00. The van der Waals surface area contributed by atoms with E-state index in [4.69, 9.17) is 5.11 Å². The number of anilines is 1. The fourth-order valence-electron chi connectivity index (χ4n) is 3.05. The van der Waals surface area contributed by atoms with Crippen molar-refractivity contribution in [3.8, 4) is 0 Å². The average molecular weight is 249 g/mol. The highest BCUT2D eigenvalue weighted by molar-refractivity contribution is 5.66. The number of hydrogen-bond donors (Lipinski definition) is 2. The Morgan fingerprint density at radius 1 is 1.44 bits per heavy atom. The zero-order valence-electron chi connectivity index (χ0n) is 10.1. The first-order valence-electron chi connectivity index (χ1n) is 6.04. The van der Waals surface area contributed by atoms with Crippen molar-refractivity contribution in [3.63, 3.8) is 0 Å². The Labute approximate surface area is 104 Å². The van der Waals surface area contributed by atoms with Crippen molar-refractivity contribution >= 4 is 11.9 Å². The van der Waals surface area contributed by atoms with Crippen LogP contribution in [0.4, 0.5) is 10.6 Å². The molecule has 0 aliphatic carbocycles. The third-order valence-electron chi connectivity index (χ3n) is 3.75. The molecule has 2 N–H and O–H groups in total. The van der Waals surface area contributed by atoms with Crippen molar-refractivity contribution in [1.29, 1.82) is 0 Å². The third-order valence-corrected chi connectivity index (χ3v) is 3.75. The Kier molecular flexibility index (Phi) is 2.33. The van der Waals surface area contributed by atoms with Gasteiger partial charge in [-0.2, -0.15) is 0 Å². The molecule has 0 saturated carbocycles. The predicted molar refractivity (Wildman–Crippen MR) is 66.1 cm³/mol. The molecule has 1 amide bonds. The van der Waals surface area contributed by atoms with Crippen LogP contribution < -0.4 is 10.5 Å². The van der Waals surface area contributed by atoms with Crippen molar-refractivity contribution in [2.75, 3.05) is 18.0 Å². The van der Waals surface area contributed by atoms with Crippen LogP contribution in [0.25, 0.3) is 0 Å². The van der Waals surface area contributed by atoms with Gasteiger partial charge in [0, 0.05) is 25.2 Å². The number of pyridine rings is 1. The molecule has 0 radical (unpaired) electrons. The molecule has 2 aliphatic heterocycles. The molecule has 0 unspecified atom stereocenters. The van der Waals surface area contributed by atoms with Crippen molar-refractivity contribution < 1.29 is 9.90 Å². The van der Waals surface area contributed by atoms with Crippen LogP contribution in [-0.4, -0.2) is 46.3 Å². The number of rotatable bonds is 0. The average Bonchev–Trinajstić information content (AvgIpc) is 2.66. The number of hydrogen-bond acceptors (Lipinski definition) is 3. The van der Waals surface area contributed by atoms with Crippen LogP contribution in [0.15, 0.2) is 16.9 Å². The first-order chi connectivity index (χ1) is 8.56. The molecule has 3 rings (SSSR count). The summed E-state index contributed by atoms with van der Waals surface area (Å²) in [5, 5.41) is 9.09. The standard InChI is InChI=1S/C12H15N3O3/c1-7-5-14(12(17)18)6-9-4-8-2-3-10(16)13-11(8)15(7)9/h2-3,7,9H,4-6H2,1H3,(H,13,16)(H,17,18)/t7-,9-/m1/s1. The molecule has 3 heterocycles. The van der Waals surface area contributed by atoms with E-state index < -0.39 is 6.09 Å². The molecule has 96 valence electrons. The fraction of sp³-hybridized carbons (Fsp3) is 0.500. The lowest BCUT2D eigenvalue weighted by atomic mass is 10.1. The Hall–Kier alpha value is -1.98. The molecule has 1 saturated heterocycles. The zero-order chi connectivity index (χ0) is 12.9. The van der Waals surface area contributed by atoms with Crippen LogP contribution in [0.2, 0.25) is 0 Å². The smallest absolute Gasteiger partial charge is 0.407 e. The number of aromatic amines is 1. The number of carbonyl (C=O) groups is 1. The summed E-state index contributed by atoms with van der Waals surface area (Å²) in [6, 6.07) is 3.58. The van der Waals surface area contributed by atoms with Gasteiger partial charge in [-0.25, -0.2) is 4.79 Å². The van der Waals surface area contributed by atoms with Gasteiger partial charge in [-0.1, -0.05) is 0 Å². The van der Waals surface area contributed by atoms with Gasteiger partial charge in [-0.3, -0.25) is 4.79 Å². The monoisotopic (exact) mass is 249 g/mol. The van der Waals surface area contributed by atoms with E-state index in [-0.39, 0.29) is 17.6 Å². The molecule has 1 fully saturated rings. The Morgan fingerprint density at radius 2 is 2.22 bits per heavy atom. The minimum absolute atomic E-state index is 0.0825. The van der Waals surface area contributed by atoms with E-state index in [1.54, 1.807) is 0 Å². The molecule has 2 atom stereocenters. The van der Waals surface area contributed by atoms with Crippen LogP contribution in [0.3, 0.4) is 0 Å². The second kappa shape index (κ2) is 3.76. The van der Waals surface area contributed by atoms with Crippen molar-refractivity contribution in [1.82, 2.24) is 9.88 Å². The highest BCUT2D eigenvalue weighted by atomic mass is 16.4. The topological polar surface area (TPSA) is 76.6 Å². The van der Waals surface area contributed by atoms with Gasteiger partial charge in [-0.05, 0) is 25.0 Å². The lowest BCUT2D eigenvalue weighted by molar-refractivity contribution is 0.128. The Morgan fingerprint density at radius 3 is 2.94 bits per heavy atom. The van der Waals surface area contributed by atoms with Crippen molar-refractivity contribution in [2.24, 2.45) is 0 Å². The molecule has 1 aromatic heterocycles. The summed E-state index contributed by atoms with van der Waals surface area (Å²) in [7, 11) is 0. The molecule has 0 spiro atoms. The first-order valence-corrected chi connectivity index (χ1v) is 6.04. The summed E-state index contributed by atoms with van der Waals surface area (Å²) in [5.41, 5.74) is 0.987. The van der Waals surface area contributed by atoms with Gasteiger partial charge in [0.25, 0.3) is 0 Å². The van der Waals surface area contributed by atoms with Gasteiger partial charge in [0.1, 0.15) is 5.82 Å². The summed E-state index contributed by atoms with van der Waals surface area (Å²) < 4.78 is 0. The van der Waals surface area contributed by atoms with Gasteiger partial charge >= 0.3 is 6.09 Å². The molecule has 0 bridgehead atoms. The Balaban J connectivity index is 1.96. The van der Waals surface area contributed by atoms with E-state index in [0.29, 0.717) is 13.1 Å². The van der Waals surface area contributed by atoms with E-state index in [9.17, 15) is 9.59 Å². The number of amides is 1. The number of piperazine rings is 1. The first kappa shape index (κ1) is 11.1. The summed E-state index contributed by atoms with van der Waals surface area (Å²) in [6.07, 6.45) is -0.0776. The molecule has 1 aromatic rings. The maximum absolute atomic E-state index is 11.4. The molecule has 6 nitrogen and oxygen atoms in total. The SMILES string of the molecule is C[C@@H]1CN(C(=O)O)C[C@H]2Cc3ccc(=O)[nH]c3N21. The predicted octanol–water partition coefficient (Wildman–Crippen LogP) is 0.488. The number of carboxylic acid groups (broad SMARTS) is 1.